The van der Waals surface area contributed by atoms with Gasteiger partial charge < -0.3 is 4.74 Å². The molecule has 0 unspecified atom stereocenters. The van der Waals surface area contributed by atoms with Gasteiger partial charge in [0.25, 0.3) is 10.0 Å². The summed E-state index contributed by atoms with van der Waals surface area (Å²) in [6, 6.07) is 21.3. The zero-order valence-electron chi connectivity index (χ0n) is 35.3. The molecule has 1 aliphatic rings. The Bertz CT molecular complexity index is 2870. The highest BCUT2D eigenvalue weighted by atomic mass is 32.2. The van der Waals surface area contributed by atoms with Crippen molar-refractivity contribution in [3.05, 3.63) is 125 Å². The number of esters is 1. The molecule has 0 fully saturated rings. The Hall–Kier alpha value is -4.86. The van der Waals surface area contributed by atoms with Crippen LogP contribution in [0.15, 0.2) is 99.7 Å². The highest BCUT2D eigenvalue weighted by molar-refractivity contribution is 7.99. The first kappa shape index (κ1) is 44.2. The summed E-state index contributed by atoms with van der Waals surface area (Å²) < 4.78 is 95.9. The molecule has 0 radical (unpaired) electrons. The predicted molar refractivity (Wildman–Crippen MR) is 234 cm³/mol. The number of fused-ring (bicyclic) bond motifs is 8. The lowest BCUT2D eigenvalue weighted by molar-refractivity contribution is -0.144. The number of aryl methyl sites for hydroxylation is 3. The van der Waals surface area contributed by atoms with E-state index in [2.05, 4.69) is 0 Å². The van der Waals surface area contributed by atoms with Gasteiger partial charge in [0.05, 0.1) is 50.8 Å². The van der Waals surface area contributed by atoms with E-state index < -0.39 is 42.3 Å². The summed E-state index contributed by atoms with van der Waals surface area (Å²) >= 11 is 1.01. The van der Waals surface area contributed by atoms with Gasteiger partial charge in [0, 0.05) is 29.6 Å². The van der Waals surface area contributed by atoms with E-state index in [1.807, 2.05) is 58.9 Å². The molecule has 3 heterocycles. The van der Waals surface area contributed by atoms with Crippen LogP contribution >= 0.6 is 11.8 Å². The van der Waals surface area contributed by atoms with Gasteiger partial charge in [-0.3, -0.25) is 4.79 Å². The summed E-state index contributed by atoms with van der Waals surface area (Å²) in [5, 5.41) is 5.26. The third-order valence-corrected chi connectivity index (χ3v) is 16.6. The molecule has 15 heteroatoms. The molecule has 0 aliphatic carbocycles. The monoisotopic (exact) mass is 888 g/mol. The average molecular weight is 889 g/mol. The lowest BCUT2D eigenvalue weighted by atomic mass is 9.75. The number of hydrogen-bond donors (Lipinski definition) is 0. The second-order valence-corrected chi connectivity index (χ2v) is 22.3. The second kappa shape index (κ2) is 16.8. The Labute approximate surface area is 360 Å². The third-order valence-electron chi connectivity index (χ3n) is 11.7. The van der Waals surface area contributed by atoms with Crippen LogP contribution in [0.5, 0.6) is 0 Å². The quantitative estimate of drug-likeness (QED) is 0.150. The average Bonchev–Trinajstić information content (AvgIpc) is 3.81. The zero-order valence-corrected chi connectivity index (χ0v) is 37.8. The van der Waals surface area contributed by atoms with E-state index in [0.29, 0.717) is 47.4 Å². The molecule has 61 heavy (non-hydrogen) atoms. The number of rotatable bonds is 6. The summed E-state index contributed by atoms with van der Waals surface area (Å²) in [5.74, 6) is -1.73. The van der Waals surface area contributed by atoms with Crippen molar-refractivity contribution in [1.29, 1.82) is 0 Å². The highest BCUT2D eigenvalue weighted by Crippen LogP contribution is 2.42. The molecule has 0 saturated heterocycles. The van der Waals surface area contributed by atoms with Crippen molar-refractivity contribution in [3.63, 3.8) is 0 Å². The van der Waals surface area contributed by atoms with Crippen LogP contribution in [-0.2, 0) is 54.7 Å². The molecule has 0 N–H and O–H groups in total. The Morgan fingerprint density at radius 2 is 1.72 bits per heavy atom. The van der Waals surface area contributed by atoms with E-state index in [1.54, 1.807) is 31.3 Å². The lowest BCUT2D eigenvalue weighted by Crippen LogP contribution is -2.29. The van der Waals surface area contributed by atoms with Gasteiger partial charge in [0.1, 0.15) is 11.6 Å². The number of aromatic nitrogens is 4. The molecule has 10 nitrogen and oxygen atoms in total. The van der Waals surface area contributed by atoms with Gasteiger partial charge in [-0.15, -0.1) is 0 Å². The minimum atomic E-state index is -4.14. The molecule has 7 rings (SSSR count). The summed E-state index contributed by atoms with van der Waals surface area (Å²) in [4.78, 5) is 17.9. The molecular formula is C46H50F2N4O6S3. The number of benzene rings is 4. The van der Waals surface area contributed by atoms with Crippen molar-refractivity contribution in [2.75, 3.05) is 18.6 Å². The fourth-order valence-electron chi connectivity index (χ4n) is 8.36. The number of carbonyl (C=O) groups is 1. The van der Waals surface area contributed by atoms with Crippen molar-refractivity contribution in [2.45, 2.75) is 86.8 Å². The molecule has 0 saturated carbocycles. The standard InChI is InChI=1S/C46H50F2N4O6S3/c1-29-12-15-34(16-13-29)61(56,57)52-22-18-35-36-19-23-60(54,55)28-45(3,4)20-9-21-46(5,32-11-8-10-31(25-32)24-30(2)43(53)58-7)44-49-42(51(6)50-44)37-26-33(14-17-38(37)47)59-41(36)39(48)27-40(35)52/h8,10-18,22,25-27,30H,9,19-21,23-24,28H2,1-7H3/t30-,46-/m1/s1. The Morgan fingerprint density at radius 1 is 0.984 bits per heavy atom. The predicted octanol–water partition coefficient (Wildman–Crippen LogP) is 9.24. The maximum absolute atomic E-state index is 16.6. The number of methoxy groups -OCH3 is 1. The van der Waals surface area contributed by atoms with Crippen LogP contribution in [0.4, 0.5) is 8.78 Å². The smallest absolute Gasteiger partial charge is 0.308 e. The van der Waals surface area contributed by atoms with Gasteiger partial charge >= 0.3 is 5.97 Å². The lowest BCUT2D eigenvalue weighted by Gasteiger charge is -2.31. The Kier molecular flexibility index (Phi) is 12.2. The molecule has 1 aliphatic heterocycles. The summed E-state index contributed by atoms with van der Waals surface area (Å²) in [6.07, 6.45) is 3.37. The molecule has 4 bridgehead atoms. The second-order valence-electron chi connectivity index (χ2n) is 17.2. The molecule has 0 amide bonds. The van der Waals surface area contributed by atoms with Crippen LogP contribution in [0.25, 0.3) is 22.3 Å². The molecule has 6 aromatic rings. The summed E-state index contributed by atoms with van der Waals surface area (Å²) in [5.41, 5.74) is 1.78. The first-order valence-corrected chi connectivity index (χ1v) is 24.2. The van der Waals surface area contributed by atoms with E-state index >= 15 is 8.78 Å². The number of halogens is 2. The van der Waals surface area contributed by atoms with Gasteiger partial charge in [0.2, 0.25) is 0 Å². The largest absolute Gasteiger partial charge is 0.469 e. The normalized spacial score (nSPS) is 18.8. The van der Waals surface area contributed by atoms with Crippen molar-refractivity contribution in [3.8, 4) is 11.4 Å². The van der Waals surface area contributed by atoms with Gasteiger partial charge in [-0.25, -0.2) is 39.3 Å². The maximum Gasteiger partial charge on any atom is 0.308 e. The summed E-state index contributed by atoms with van der Waals surface area (Å²) in [7, 11) is -4.83. The van der Waals surface area contributed by atoms with Gasteiger partial charge in [-0.2, -0.15) is 5.10 Å². The Morgan fingerprint density at radius 3 is 2.44 bits per heavy atom. The first-order chi connectivity index (χ1) is 28.7. The van der Waals surface area contributed by atoms with Crippen molar-refractivity contribution >= 4 is 48.5 Å². The van der Waals surface area contributed by atoms with Crippen LogP contribution in [0.2, 0.25) is 0 Å². The number of carbonyl (C=O) groups excluding carboxylic acids is 1. The minimum absolute atomic E-state index is 0.0267. The van der Waals surface area contributed by atoms with Crippen LogP contribution in [0.3, 0.4) is 0 Å². The topological polar surface area (TPSA) is 130 Å². The number of sulfone groups is 1. The van der Waals surface area contributed by atoms with E-state index in [4.69, 9.17) is 14.8 Å². The van der Waals surface area contributed by atoms with Crippen molar-refractivity contribution in [2.24, 2.45) is 18.4 Å². The molecular weight excluding hydrogens is 839 g/mol. The van der Waals surface area contributed by atoms with E-state index in [0.717, 1.165) is 38.5 Å². The molecule has 322 valence electrons. The van der Waals surface area contributed by atoms with Crippen molar-refractivity contribution < 1.29 is 35.1 Å². The van der Waals surface area contributed by atoms with Crippen LogP contribution in [-0.4, -0.2) is 60.2 Å². The van der Waals surface area contributed by atoms with Crippen LogP contribution in [0.1, 0.15) is 75.0 Å². The van der Waals surface area contributed by atoms with E-state index in [1.165, 1.54) is 42.3 Å². The molecule has 0 spiro atoms. The fourth-order valence-corrected chi connectivity index (χ4v) is 12.7. The van der Waals surface area contributed by atoms with Crippen LogP contribution in [0, 0.1) is 29.9 Å². The van der Waals surface area contributed by atoms with E-state index in [-0.39, 0.29) is 56.5 Å². The Balaban J connectivity index is 1.36. The number of ether oxygens (including phenoxy) is 1. The van der Waals surface area contributed by atoms with Gasteiger partial charge in [-0.05, 0) is 98.0 Å². The van der Waals surface area contributed by atoms with Crippen molar-refractivity contribution in [1.82, 2.24) is 18.7 Å². The zero-order chi connectivity index (χ0) is 44.1. The highest BCUT2D eigenvalue weighted by Gasteiger charge is 2.36. The molecule has 4 aromatic carbocycles. The van der Waals surface area contributed by atoms with E-state index in [9.17, 15) is 21.6 Å². The van der Waals surface area contributed by atoms with Crippen LogP contribution < -0.4 is 0 Å². The number of nitrogens with zero attached hydrogens (tertiary/aromatic N) is 4. The SMILES string of the molecule is COC(=O)[C@H](C)Cc1cccc([C@@]2(C)CCCC(C)(C)CS(=O)(=O)CCc3c(c(F)cc4c3ccn4S(=O)(=O)c3ccc(C)cc3)Sc3ccc(F)c(c3)-c3nc2nn3C)c1. The van der Waals surface area contributed by atoms with Gasteiger partial charge in [0.15, 0.2) is 21.5 Å². The maximum atomic E-state index is 16.6. The van der Waals surface area contributed by atoms with Gasteiger partial charge in [-0.1, -0.05) is 80.9 Å². The first-order valence-electron chi connectivity index (χ1n) is 20.1. The fraction of sp³-hybridized carbons (Fsp3) is 0.370. The minimum Gasteiger partial charge on any atom is -0.469 e. The molecule has 2 atom stereocenters. The molecule has 2 aromatic heterocycles. The third kappa shape index (κ3) is 9.05. The summed E-state index contributed by atoms with van der Waals surface area (Å²) in [6.45, 7) is 9.51. The number of hydrogen-bond acceptors (Lipinski definition) is 9.